The molecule has 2 atom stereocenters. The zero-order valence-electron chi connectivity index (χ0n) is 21.5. The summed E-state index contributed by atoms with van der Waals surface area (Å²) in [5, 5.41) is 11.0. The Morgan fingerprint density at radius 2 is 1.76 bits per heavy atom. The van der Waals surface area contributed by atoms with E-state index in [1.165, 1.54) is 0 Å². The Bertz CT molecular complexity index is 1020. The topological polar surface area (TPSA) is 65.8 Å². The van der Waals surface area contributed by atoms with Crippen LogP contribution >= 0.6 is 16.1 Å². The first-order chi connectivity index (χ1) is 15.9. The number of phenolic OH excluding ortho intramolecular Hbond substituents is 1. The van der Waals surface area contributed by atoms with Gasteiger partial charge in [0.25, 0.3) is 0 Å². The highest BCUT2D eigenvalue weighted by atomic mass is 79.9. The fourth-order valence-corrected chi connectivity index (χ4v) is 5.35. The maximum atomic E-state index is 13.6. The lowest BCUT2D eigenvalue weighted by Gasteiger charge is -2.28. The van der Waals surface area contributed by atoms with Crippen molar-refractivity contribution in [1.82, 2.24) is 9.88 Å². The summed E-state index contributed by atoms with van der Waals surface area (Å²) in [6.07, 6.45) is 3.92. The Morgan fingerprint density at radius 1 is 1.15 bits per heavy atom. The van der Waals surface area contributed by atoms with Crippen LogP contribution in [-0.2, 0) is 10.8 Å². The molecule has 0 amide bonds. The van der Waals surface area contributed by atoms with Crippen molar-refractivity contribution in [2.75, 3.05) is 13.1 Å². The molecule has 1 aliphatic rings. The molecule has 0 unspecified atom stereocenters. The van der Waals surface area contributed by atoms with Crippen molar-refractivity contribution in [1.29, 1.82) is 0 Å². The number of carbonyl (C=O) groups excluding carboxylic acids is 1. The first kappa shape index (κ1) is 26.4. The number of rotatable bonds is 6. The van der Waals surface area contributed by atoms with E-state index >= 15 is 0 Å². The monoisotopic (exact) mass is 527 g/mol. The molecule has 34 heavy (non-hydrogen) atoms. The van der Waals surface area contributed by atoms with Gasteiger partial charge in [0.2, 0.25) is 0 Å². The number of phenols is 1. The zero-order valence-corrected chi connectivity index (χ0v) is 23.1. The minimum atomic E-state index is -0.285. The molecule has 1 saturated heterocycles. The standard InChI is InChI=1S/C28H38BrN3O2/c1-8-11-18-16-32(26(31-29)24(18)22-12-9-10-13-30-22)17-23(33)19-14-20(27(2,3)4)25(34)21(15-19)28(5,6)7/h9-10,12-15,18,24,34H,8,11,16-17H2,1-7H3/b31-26-/t18-,24-/m0/s1. The molecule has 184 valence electrons. The summed E-state index contributed by atoms with van der Waals surface area (Å²) < 4.78 is 4.46. The molecule has 1 aromatic carbocycles. The largest absolute Gasteiger partial charge is 0.507 e. The molecule has 0 radical (unpaired) electrons. The lowest BCUT2D eigenvalue weighted by Crippen LogP contribution is -2.32. The molecular weight excluding hydrogens is 490 g/mol. The number of ketones is 1. The highest BCUT2D eigenvalue weighted by Crippen LogP contribution is 2.41. The highest BCUT2D eigenvalue weighted by molar-refractivity contribution is 9.08. The number of hydrogen-bond acceptors (Lipinski definition) is 4. The third-order valence-electron chi connectivity index (χ3n) is 6.66. The van der Waals surface area contributed by atoms with Crippen LogP contribution in [0.4, 0.5) is 0 Å². The molecule has 2 heterocycles. The molecule has 3 rings (SSSR count). The minimum absolute atomic E-state index is 0.0292. The van der Waals surface area contributed by atoms with Gasteiger partial charge in [-0.2, -0.15) is 4.02 Å². The van der Waals surface area contributed by atoms with Crippen LogP contribution in [-0.4, -0.2) is 39.7 Å². The summed E-state index contributed by atoms with van der Waals surface area (Å²) >= 11 is 3.34. The van der Waals surface area contributed by atoms with Crippen LogP contribution in [0.5, 0.6) is 5.75 Å². The molecule has 1 N–H and O–H groups in total. The minimum Gasteiger partial charge on any atom is -0.507 e. The molecule has 0 spiro atoms. The number of hydrogen-bond donors (Lipinski definition) is 1. The molecule has 1 aromatic heterocycles. The van der Waals surface area contributed by atoms with Crippen molar-refractivity contribution in [2.24, 2.45) is 9.94 Å². The molecule has 5 nitrogen and oxygen atoms in total. The molecular formula is C28H38BrN3O2. The number of aromatic hydroxyl groups is 1. The van der Waals surface area contributed by atoms with Gasteiger partial charge in [0.15, 0.2) is 5.78 Å². The third-order valence-corrected chi connectivity index (χ3v) is 7.03. The zero-order chi connectivity index (χ0) is 25.3. The van der Waals surface area contributed by atoms with E-state index in [4.69, 9.17) is 0 Å². The Labute approximate surface area is 213 Å². The van der Waals surface area contributed by atoms with Gasteiger partial charge in [-0.15, -0.1) is 0 Å². The predicted molar refractivity (Wildman–Crippen MR) is 143 cm³/mol. The first-order valence-corrected chi connectivity index (χ1v) is 12.8. The molecule has 0 bridgehead atoms. The van der Waals surface area contributed by atoms with Crippen LogP contribution in [0.3, 0.4) is 0 Å². The van der Waals surface area contributed by atoms with Crippen molar-refractivity contribution in [3.8, 4) is 5.75 Å². The number of carbonyl (C=O) groups is 1. The second kappa shape index (κ2) is 10.2. The van der Waals surface area contributed by atoms with Crippen molar-refractivity contribution in [3.63, 3.8) is 0 Å². The molecule has 2 aromatic rings. The summed E-state index contributed by atoms with van der Waals surface area (Å²) in [6, 6.07) is 9.71. The Kier molecular flexibility index (Phi) is 7.91. The van der Waals surface area contributed by atoms with Crippen LogP contribution < -0.4 is 0 Å². The fourth-order valence-electron chi connectivity index (χ4n) is 4.91. The second-order valence-corrected chi connectivity index (χ2v) is 11.8. The van der Waals surface area contributed by atoms with Crippen molar-refractivity contribution in [3.05, 3.63) is 58.9 Å². The van der Waals surface area contributed by atoms with Crippen LogP contribution in [0.2, 0.25) is 0 Å². The average molecular weight is 529 g/mol. The van der Waals surface area contributed by atoms with Crippen molar-refractivity contribution in [2.45, 2.75) is 78.1 Å². The number of amidine groups is 1. The van der Waals surface area contributed by atoms with E-state index in [1.54, 1.807) is 0 Å². The van der Waals surface area contributed by atoms with Gasteiger partial charge in [0.1, 0.15) is 11.6 Å². The van der Waals surface area contributed by atoms with Gasteiger partial charge in [0.05, 0.1) is 34.3 Å². The molecule has 0 saturated carbocycles. The lowest BCUT2D eigenvalue weighted by molar-refractivity contribution is 0.0963. The van der Waals surface area contributed by atoms with Crippen LogP contribution in [0, 0.1) is 5.92 Å². The van der Waals surface area contributed by atoms with Crippen LogP contribution in [0.15, 0.2) is 40.5 Å². The number of likely N-dealkylation sites (tertiary alicyclic amines) is 1. The van der Waals surface area contributed by atoms with Gasteiger partial charge in [0, 0.05) is 29.4 Å². The Morgan fingerprint density at radius 3 is 2.24 bits per heavy atom. The van der Waals surface area contributed by atoms with Crippen molar-refractivity contribution < 1.29 is 9.90 Å². The fraction of sp³-hybridized carbons (Fsp3) is 0.536. The van der Waals surface area contributed by atoms with Gasteiger partial charge >= 0.3 is 0 Å². The third kappa shape index (κ3) is 5.54. The predicted octanol–water partition coefficient (Wildman–Crippen LogP) is 6.79. The second-order valence-electron chi connectivity index (χ2n) is 11.4. The van der Waals surface area contributed by atoms with Crippen molar-refractivity contribution >= 4 is 27.8 Å². The maximum Gasteiger partial charge on any atom is 0.182 e. The SMILES string of the molecule is CCC[C@H]1CN(CC(=O)c2cc(C(C)(C)C)c(O)c(C(C)(C)C)c2)/C(=N\Br)[C@@H]1c1ccccn1. The van der Waals surface area contributed by atoms with Gasteiger partial charge in [-0.1, -0.05) is 61.0 Å². The summed E-state index contributed by atoms with van der Waals surface area (Å²) in [4.78, 5) is 20.3. The van der Waals surface area contributed by atoms with Crippen LogP contribution in [0.1, 0.15) is 94.4 Å². The van der Waals surface area contributed by atoms with Gasteiger partial charge in [-0.05, 0) is 47.4 Å². The van der Waals surface area contributed by atoms with E-state index in [2.05, 4.69) is 78.5 Å². The number of halogens is 1. The number of aromatic nitrogens is 1. The van der Waals surface area contributed by atoms with E-state index < -0.39 is 0 Å². The summed E-state index contributed by atoms with van der Waals surface area (Å²) in [7, 11) is 0. The average Bonchev–Trinajstić information content (AvgIpc) is 3.09. The Hall–Kier alpha value is -2.21. The first-order valence-electron chi connectivity index (χ1n) is 12.1. The highest BCUT2D eigenvalue weighted by Gasteiger charge is 2.40. The number of nitrogens with zero attached hydrogens (tertiary/aromatic N) is 3. The van der Waals surface area contributed by atoms with E-state index in [1.807, 2.05) is 36.5 Å². The van der Waals surface area contributed by atoms with Crippen LogP contribution in [0.25, 0.3) is 0 Å². The summed E-state index contributed by atoms with van der Waals surface area (Å²) in [6.45, 7) is 15.6. The Balaban J connectivity index is 1.97. The smallest absolute Gasteiger partial charge is 0.182 e. The summed E-state index contributed by atoms with van der Waals surface area (Å²) in [5.74, 6) is 1.58. The van der Waals surface area contributed by atoms with Gasteiger partial charge < -0.3 is 10.0 Å². The van der Waals surface area contributed by atoms with Gasteiger partial charge in [-0.25, -0.2) is 0 Å². The summed E-state index contributed by atoms with van der Waals surface area (Å²) in [5.41, 5.74) is 2.65. The van der Waals surface area contributed by atoms with E-state index in [0.717, 1.165) is 42.0 Å². The quantitative estimate of drug-likeness (QED) is 0.420. The van der Waals surface area contributed by atoms with E-state index in [0.29, 0.717) is 17.2 Å². The number of Topliss-reactive ketones (excluding diaryl/α,β-unsaturated/α-hetero) is 1. The number of benzene rings is 1. The molecule has 6 heteroatoms. The lowest BCUT2D eigenvalue weighted by atomic mass is 9.78. The van der Waals surface area contributed by atoms with E-state index in [-0.39, 0.29) is 29.1 Å². The normalized spacial score (nSPS) is 20.2. The molecule has 0 aliphatic carbocycles. The molecule has 1 aliphatic heterocycles. The van der Waals surface area contributed by atoms with Gasteiger partial charge in [-0.3, -0.25) is 9.78 Å². The molecule has 1 fully saturated rings. The van der Waals surface area contributed by atoms with E-state index in [9.17, 15) is 9.90 Å². The maximum absolute atomic E-state index is 13.6. The number of pyridine rings is 1.